The Kier molecular flexibility index (Phi) is 13.2. The molecule has 2 aromatic rings. The molecule has 30 heavy (non-hydrogen) atoms. The number of halogens is 2. The Morgan fingerprint density at radius 1 is 0.900 bits per heavy atom. The molecule has 0 saturated carbocycles. The average molecular weight is 599 g/mol. The molecule has 0 N–H and O–H groups in total. The van der Waals surface area contributed by atoms with Crippen molar-refractivity contribution in [2.24, 2.45) is 9.98 Å². The van der Waals surface area contributed by atoms with Crippen molar-refractivity contribution in [2.75, 3.05) is 6.61 Å². The summed E-state index contributed by atoms with van der Waals surface area (Å²) in [6.07, 6.45) is 1.82. The van der Waals surface area contributed by atoms with Crippen LogP contribution in [0.25, 0.3) is 0 Å². The molecule has 168 valence electrons. The fourth-order valence-corrected chi connectivity index (χ4v) is 3.46. The van der Waals surface area contributed by atoms with Gasteiger partial charge in [-0.3, -0.25) is 9.98 Å². The number of hydrogen-bond donors (Lipinski definition) is 0. The second kappa shape index (κ2) is 14.5. The van der Waals surface area contributed by atoms with Crippen molar-refractivity contribution in [1.82, 2.24) is 0 Å². The molecule has 0 amide bonds. The average Bonchev–Trinajstić information content (AvgIpc) is 2.67. The second-order valence-corrected chi connectivity index (χ2v) is 17.4. The number of nitrogens with zero attached hydrogens (tertiary/aromatic N) is 2. The van der Waals surface area contributed by atoms with E-state index < -0.39 is 8.32 Å². The first-order chi connectivity index (χ1) is 14.2. The normalized spacial score (nSPS) is 12.5. The Morgan fingerprint density at radius 3 is 1.83 bits per heavy atom. The molecule has 0 saturated heterocycles. The van der Waals surface area contributed by atoms with Gasteiger partial charge in [-0.05, 0) is 76.5 Å². The van der Waals surface area contributed by atoms with Crippen molar-refractivity contribution in [1.29, 1.82) is 0 Å². The fourth-order valence-electron chi connectivity index (χ4n) is 2.70. The van der Waals surface area contributed by atoms with Gasteiger partial charge in [0.05, 0.1) is 22.8 Å². The number of benzene rings is 2. The molecule has 0 bridgehead atoms. The number of aryl methyl sites for hydroxylation is 2. The molecule has 0 aromatic heterocycles. The van der Waals surface area contributed by atoms with Crippen molar-refractivity contribution in [2.45, 2.75) is 53.3 Å². The van der Waals surface area contributed by atoms with Crippen LogP contribution in [0.3, 0.4) is 0 Å². The van der Waals surface area contributed by atoms with Crippen LogP contribution in [0.4, 0.5) is 11.4 Å². The van der Waals surface area contributed by atoms with Crippen LogP contribution in [0.2, 0.25) is 19.6 Å². The van der Waals surface area contributed by atoms with E-state index in [1.807, 2.05) is 24.3 Å². The molecular formula is C23H32Br2N2NiOSi. The van der Waals surface area contributed by atoms with E-state index >= 15 is 0 Å². The summed E-state index contributed by atoms with van der Waals surface area (Å²) in [5.41, 5.74) is 6.38. The minimum absolute atomic E-state index is 0.778. The van der Waals surface area contributed by atoms with Gasteiger partial charge >= 0.3 is 39.3 Å². The molecule has 2 rings (SSSR count). The molecule has 2 aromatic carbocycles. The van der Waals surface area contributed by atoms with Gasteiger partial charge < -0.3 is 4.43 Å². The molecule has 7 heteroatoms. The van der Waals surface area contributed by atoms with Gasteiger partial charge in [-0.25, -0.2) is 0 Å². The van der Waals surface area contributed by atoms with E-state index in [0.29, 0.717) is 0 Å². The Morgan fingerprint density at radius 2 is 1.37 bits per heavy atom. The molecule has 0 atom stereocenters. The van der Waals surface area contributed by atoms with Crippen LogP contribution >= 0.6 is 28.5 Å². The maximum absolute atomic E-state index is 6.01. The third-order valence-corrected chi connectivity index (χ3v) is 5.36. The molecule has 0 spiro atoms. The summed E-state index contributed by atoms with van der Waals surface area (Å²) >= 11 is 6.00. The zero-order valence-corrected chi connectivity index (χ0v) is 23.8. The van der Waals surface area contributed by atoms with Crippen LogP contribution in [-0.4, -0.2) is 26.3 Å². The Labute approximate surface area is 203 Å². The number of hydrogen-bond acceptors (Lipinski definition) is 3. The SMILES string of the molecule is CC(=Nc1ccccc1C)C(CCCO[Si](C)(C)C)=Nc1ccccc1C.[Br][Ni][Br]. The molecule has 3 nitrogen and oxygen atoms in total. The van der Waals surface area contributed by atoms with Crippen molar-refractivity contribution in [3.8, 4) is 0 Å². The summed E-state index contributed by atoms with van der Waals surface area (Å²) in [6, 6.07) is 16.5. The van der Waals surface area contributed by atoms with Crippen LogP contribution in [-0.2, 0) is 15.3 Å². The van der Waals surface area contributed by atoms with Gasteiger partial charge in [0.2, 0.25) is 0 Å². The van der Waals surface area contributed by atoms with Crippen molar-refractivity contribution in [3.05, 3.63) is 59.7 Å². The Hall–Kier alpha value is -0.590. The van der Waals surface area contributed by atoms with Gasteiger partial charge in [-0.2, -0.15) is 0 Å². The summed E-state index contributed by atoms with van der Waals surface area (Å²) in [6.45, 7) is 13.7. The van der Waals surface area contributed by atoms with Crippen LogP contribution in [0.1, 0.15) is 30.9 Å². The molecule has 0 unspecified atom stereocenters. The monoisotopic (exact) mass is 596 g/mol. The Balaban J connectivity index is 0.00000141. The third-order valence-electron chi connectivity index (χ3n) is 4.29. The predicted octanol–water partition coefficient (Wildman–Crippen LogP) is 8.49. The van der Waals surface area contributed by atoms with E-state index in [0.717, 1.165) is 42.2 Å². The first kappa shape index (κ1) is 27.4. The summed E-state index contributed by atoms with van der Waals surface area (Å²) in [7, 11) is -0.228. The second-order valence-electron chi connectivity index (χ2n) is 7.94. The van der Waals surface area contributed by atoms with E-state index in [2.05, 4.69) is 93.1 Å². The maximum atomic E-state index is 6.01. The first-order valence-electron chi connectivity index (χ1n) is 9.88. The molecule has 0 heterocycles. The number of aliphatic imine (C=N–C) groups is 2. The fraction of sp³-hybridized carbons (Fsp3) is 0.391. The summed E-state index contributed by atoms with van der Waals surface area (Å²) < 4.78 is 6.01. The topological polar surface area (TPSA) is 34.0 Å². The van der Waals surface area contributed by atoms with E-state index in [1.165, 1.54) is 22.0 Å². The number of para-hydroxylation sites is 2. The molecule has 0 aliphatic heterocycles. The van der Waals surface area contributed by atoms with E-state index in [-0.39, 0.29) is 0 Å². The Bertz CT molecular complexity index is 851. The van der Waals surface area contributed by atoms with Gasteiger partial charge in [-0.1, -0.05) is 36.4 Å². The van der Waals surface area contributed by atoms with Gasteiger partial charge in [0.25, 0.3) is 0 Å². The quantitative estimate of drug-likeness (QED) is 0.170. The van der Waals surface area contributed by atoms with Crippen LogP contribution in [0.15, 0.2) is 58.5 Å². The molecule has 0 aliphatic rings. The van der Waals surface area contributed by atoms with E-state index in [1.54, 1.807) is 0 Å². The third kappa shape index (κ3) is 11.1. The van der Waals surface area contributed by atoms with Crippen LogP contribution < -0.4 is 0 Å². The molecular weight excluding hydrogens is 567 g/mol. The predicted molar refractivity (Wildman–Crippen MR) is 139 cm³/mol. The zero-order chi connectivity index (χ0) is 22.6. The molecule has 0 fully saturated rings. The molecule has 0 radical (unpaired) electrons. The first-order valence-corrected chi connectivity index (χ1v) is 18.2. The number of rotatable bonds is 8. The van der Waals surface area contributed by atoms with Crippen molar-refractivity contribution >= 4 is 59.6 Å². The van der Waals surface area contributed by atoms with E-state index in [4.69, 9.17) is 14.4 Å². The molecule has 0 aliphatic carbocycles. The van der Waals surface area contributed by atoms with Crippen molar-refractivity contribution < 1.29 is 15.3 Å². The van der Waals surface area contributed by atoms with Crippen molar-refractivity contribution in [3.63, 3.8) is 0 Å². The van der Waals surface area contributed by atoms with Crippen LogP contribution in [0, 0.1) is 13.8 Å². The minimum atomic E-state index is -1.48. The summed E-state index contributed by atoms with van der Waals surface area (Å²) in [5.74, 6) is 0. The van der Waals surface area contributed by atoms with E-state index in [9.17, 15) is 0 Å². The van der Waals surface area contributed by atoms with Gasteiger partial charge in [-0.15, -0.1) is 0 Å². The van der Waals surface area contributed by atoms with Gasteiger partial charge in [0.1, 0.15) is 0 Å². The van der Waals surface area contributed by atoms with Gasteiger partial charge in [0.15, 0.2) is 8.32 Å². The standard InChI is InChI=1S/C23H32N2OSi.2BrH.Ni/c1-18-12-7-9-14-21(18)24-20(3)23(16-11-17-26-27(4,5)6)25-22-15-10-8-13-19(22)2;;;/h7-10,12-15H,11,16-17H2,1-6H3;2*1H;/q;;;+2/p-2. The summed E-state index contributed by atoms with van der Waals surface area (Å²) in [5, 5.41) is 0. The zero-order valence-electron chi connectivity index (χ0n) is 18.6. The van der Waals surface area contributed by atoms with Gasteiger partial charge in [0, 0.05) is 6.61 Å². The summed E-state index contributed by atoms with van der Waals surface area (Å²) in [4.78, 5) is 9.83. The van der Waals surface area contributed by atoms with Crippen LogP contribution in [0.5, 0.6) is 0 Å².